The Morgan fingerprint density at radius 2 is 2.08 bits per heavy atom. The molecule has 0 aromatic carbocycles. The molecule has 3 heterocycles. The summed E-state index contributed by atoms with van der Waals surface area (Å²) >= 11 is 9.21. The van der Waals surface area contributed by atoms with E-state index in [-0.39, 0.29) is 6.54 Å². The average molecular weight is 441 g/mol. The third-order valence-electron chi connectivity index (χ3n) is 4.47. The van der Waals surface area contributed by atoms with Crippen molar-refractivity contribution >= 4 is 39.3 Å². The number of carbonyl (C=O) groups is 2. The maximum Gasteiger partial charge on any atom is 0.311 e. The minimum Gasteiger partial charge on any atom is -0.342 e. The lowest BCUT2D eigenvalue weighted by molar-refractivity contribution is -0.146. The third kappa shape index (κ3) is 4.42. The highest BCUT2D eigenvalue weighted by atomic mass is 79.9. The molecule has 0 saturated carbocycles. The molecule has 2 aromatic rings. The summed E-state index contributed by atoms with van der Waals surface area (Å²) in [6, 6.07) is 3.40. The standard InChI is InChI=1S/C17H19BrClN5O2/c1-23-10-12(8-21-23)11-4-6-24(7-5-11)17(26)16(25)20-9-14-13(18)2-3-15(19)22-14/h2-3,8,10-11H,4-7,9H2,1H3,(H,20,25). The van der Waals surface area contributed by atoms with Gasteiger partial charge in [-0.2, -0.15) is 5.10 Å². The predicted molar refractivity (Wildman–Crippen MR) is 101 cm³/mol. The van der Waals surface area contributed by atoms with Crippen molar-refractivity contribution in [3.05, 3.63) is 45.4 Å². The monoisotopic (exact) mass is 439 g/mol. The Morgan fingerprint density at radius 3 is 2.73 bits per heavy atom. The van der Waals surface area contributed by atoms with E-state index in [1.54, 1.807) is 21.7 Å². The van der Waals surface area contributed by atoms with Gasteiger partial charge in [0.15, 0.2) is 0 Å². The number of nitrogens with one attached hydrogen (secondary N) is 1. The number of aromatic nitrogens is 3. The Kier molecular flexibility index (Phi) is 5.93. The molecule has 0 aliphatic carbocycles. The van der Waals surface area contributed by atoms with E-state index in [9.17, 15) is 9.59 Å². The minimum absolute atomic E-state index is 0.137. The second-order valence-corrected chi connectivity index (χ2v) is 7.50. The zero-order valence-corrected chi connectivity index (χ0v) is 16.6. The van der Waals surface area contributed by atoms with Gasteiger partial charge in [0.25, 0.3) is 0 Å². The molecule has 2 amide bonds. The summed E-state index contributed by atoms with van der Waals surface area (Å²) in [5.41, 5.74) is 1.76. The maximum atomic E-state index is 12.4. The lowest BCUT2D eigenvalue weighted by atomic mass is 9.91. The van der Waals surface area contributed by atoms with E-state index in [1.807, 2.05) is 19.4 Å². The quantitative estimate of drug-likeness (QED) is 0.586. The van der Waals surface area contributed by atoms with Crippen LogP contribution in [0.25, 0.3) is 0 Å². The fourth-order valence-electron chi connectivity index (χ4n) is 3.03. The van der Waals surface area contributed by atoms with Gasteiger partial charge in [0.1, 0.15) is 5.15 Å². The van der Waals surface area contributed by atoms with Crippen LogP contribution in [0.4, 0.5) is 0 Å². The van der Waals surface area contributed by atoms with Crippen LogP contribution >= 0.6 is 27.5 Å². The van der Waals surface area contributed by atoms with Crippen molar-refractivity contribution in [3.8, 4) is 0 Å². The number of piperidine rings is 1. The van der Waals surface area contributed by atoms with Crippen LogP contribution in [0.2, 0.25) is 5.15 Å². The molecular formula is C17H19BrClN5O2. The van der Waals surface area contributed by atoms with Gasteiger partial charge in [-0.15, -0.1) is 0 Å². The smallest absolute Gasteiger partial charge is 0.311 e. The van der Waals surface area contributed by atoms with Gasteiger partial charge in [-0.1, -0.05) is 11.6 Å². The zero-order valence-electron chi connectivity index (χ0n) is 14.3. The first kappa shape index (κ1) is 18.8. The molecule has 26 heavy (non-hydrogen) atoms. The van der Waals surface area contributed by atoms with Crippen molar-refractivity contribution in [2.45, 2.75) is 25.3 Å². The molecule has 1 N–H and O–H groups in total. The van der Waals surface area contributed by atoms with E-state index >= 15 is 0 Å². The van der Waals surface area contributed by atoms with Crippen molar-refractivity contribution in [3.63, 3.8) is 0 Å². The Balaban J connectivity index is 1.51. The number of hydrogen-bond acceptors (Lipinski definition) is 4. The normalized spacial score (nSPS) is 15.1. The number of amides is 2. The lowest BCUT2D eigenvalue weighted by Crippen LogP contribution is -2.46. The highest BCUT2D eigenvalue weighted by Crippen LogP contribution is 2.27. The SMILES string of the molecule is Cn1cc(C2CCN(C(=O)C(=O)NCc3nc(Cl)ccc3Br)CC2)cn1. The number of likely N-dealkylation sites (tertiary alicyclic amines) is 1. The molecule has 1 saturated heterocycles. The van der Waals surface area contributed by atoms with E-state index in [0.29, 0.717) is 29.9 Å². The van der Waals surface area contributed by atoms with Gasteiger partial charge in [0.2, 0.25) is 0 Å². The van der Waals surface area contributed by atoms with E-state index in [0.717, 1.165) is 17.3 Å². The van der Waals surface area contributed by atoms with Gasteiger partial charge in [0, 0.05) is 30.8 Å². The maximum absolute atomic E-state index is 12.4. The van der Waals surface area contributed by atoms with E-state index < -0.39 is 11.8 Å². The summed E-state index contributed by atoms with van der Waals surface area (Å²) in [6.07, 6.45) is 5.52. The second kappa shape index (κ2) is 8.18. The Labute approximate surface area is 164 Å². The molecule has 1 aliphatic heterocycles. The number of nitrogens with zero attached hydrogens (tertiary/aromatic N) is 4. The van der Waals surface area contributed by atoms with Crippen LogP contribution in [-0.2, 0) is 23.2 Å². The first-order valence-corrected chi connectivity index (χ1v) is 9.47. The summed E-state index contributed by atoms with van der Waals surface area (Å²) in [5, 5.41) is 7.14. The van der Waals surface area contributed by atoms with Gasteiger partial charge >= 0.3 is 11.8 Å². The fraction of sp³-hybridized carbons (Fsp3) is 0.412. The van der Waals surface area contributed by atoms with Crippen LogP contribution in [0, 0.1) is 0 Å². The van der Waals surface area contributed by atoms with Gasteiger partial charge in [-0.25, -0.2) is 4.98 Å². The molecule has 1 fully saturated rings. The van der Waals surface area contributed by atoms with E-state index in [4.69, 9.17) is 11.6 Å². The third-order valence-corrected chi connectivity index (χ3v) is 5.41. The van der Waals surface area contributed by atoms with Crippen LogP contribution in [0.1, 0.15) is 30.0 Å². The number of hydrogen-bond donors (Lipinski definition) is 1. The molecule has 0 radical (unpaired) electrons. The zero-order chi connectivity index (χ0) is 18.7. The molecule has 0 spiro atoms. The number of halogens is 2. The summed E-state index contributed by atoms with van der Waals surface area (Å²) < 4.78 is 2.51. The lowest BCUT2D eigenvalue weighted by Gasteiger charge is -2.31. The summed E-state index contributed by atoms with van der Waals surface area (Å²) in [4.78, 5) is 30.3. The van der Waals surface area contributed by atoms with Crippen molar-refractivity contribution < 1.29 is 9.59 Å². The highest BCUT2D eigenvalue weighted by molar-refractivity contribution is 9.10. The van der Waals surface area contributed by atoms with Crippen molar-refractivity contribution in [2.75, 3.05) is 13.1 Å². The predicted octanol–water partition coefficient (Wildman–Crippen LogP) is 2.25. The summed E-state index contributed by atoms with van der Waals surface area (Å²) in [5.74, 6) is -0.756. The average Bonchev–Trinajstić information content (AvgIpc) is 3.08. The minimum atomic E-state index is -0.626. The summed E-state index contributed by atoms with van der Waals surface area (Å²) in [7, 11) is 1.89. The number of aryl methyl sites for hydroxylation is 1. The van der Waals surface area contributed by atoms with Crippen LogP contribution in [0.15, 0.2) is 29.0 Å². The first-order chi connectivity index (χ1) is 12.4. The molecule has 3 rings (SSSR count). The number of pyridine rings is 1. The Hall–Kier alpha value is -1.93. The molecule has 2 aromatic heterocycles. The molecule has 7 nitrogen and oxygen atoms in total. The van der Waals surface area contributed by atoms with Crippen LogP contribution in [-0.4, -0.2) is 44.6 Å². The van der Waals surface area contributed by atoms with Crippen LogP contribution < -0.4 is 5.32 Å². The molecule has 0 unspecified atom stereocenters. The van der Waals surface area contributed by atoms with Gasteiger partial charge in [-0.05, 0) is 52.4 Å². The second-order valence-electron chi connectivity index (χ2n) is 6.26. The van der Waals surface area contributed by atoms with Crippen molar-refractivity contribution in [1.82, 2.24) is 25.0 Å². The first-order valence-electron chi connectivity index (χ1n) is 8.30. The fourth-order valence-corrected chi connectivity index (χ4v) is 3.56. The van der Waals surface area contributed by atoms with Crippen molar-refractivity contribution in [2.24, 2.45) is 7.05 Å². The van der Waals surface area contributed by atoms with Crippen LogP contribution in [0.3, 0.4) is 0 Å². The molecular weight excluding hydrogens is 422 g/mol. The van der Waals surface area contributed by atoms with Gasteiger partial charge < -0.3 is 10.2 Å². The van der Waals surface area contributed by atoms with E-state index in [2.05, 4.69) is 31.3 Å². The number of carbonyl (C=O) groups excluding carboxylic acids is 2. The Bertz CT molecular complexity index is 817. The topological polar surface area (TPSA) is 80.1 Å². The molecule has 1 aliphatic rings. The number of rotatable bonds is 3. The molecule has 9 heteroatoms. The highest BCUT2D eigenvalue weighted by Gasteiger charge is 2.28. The molecule has 0 bridgehead atoms. The van der Waals surface area contributed by atoms with Gasteiger partial charge in [-0.3, -0.25) is 14.3 Å². The van der Waals surface area contributed by atoms with Crippen LogP contribution in [0.5, 0.6) is 0 Å². The van der Waals surface area contributed by atoms with Crippen molar-refractivity contribution in [1.29, 1.82) is 0 Å². The summed E-state index contributed by atoms with van der Waals surface area (Å²) in [6.45, 7) is 1.26. The largest absolute Gasteiger partial charge is 0.342 e. The van der Waals surface area contributed by atoms with Gasteiger partial charge in [0.05, 0.1) is 18.4 Å². The Morgan fingerprint density at radius 1 is 1.35 bits per heavy atom. The molecule has 0 atom stereocenters. The molecule has 138 valence electrons. The van der Waals surface area contributed by atoms with E-state index in [1.165, 1.54) is 5.56 Å².